The molecule has 1 aromatic heterocycles. The summed E-state index contributed by atoms with van der Waals surface area (Å²) in [5.41, 5.74) is 1.58. The minimum absolute atomic E-state index is 0.0929. The highest BCUT2D eigenvalue weighted by Gasteiger charge is 2.55. The minimum Gasteiger partial charge on any atom is -0.462 e. The van der Waals surface area contributed by atoms with Gasteiger partial charge in [0.1, 0.15) is 5.00 Å². The molecule has 0 aliphatic heterocycles. The first-order chi connectivity index (χ1) is 16.9. The molecule has 1 amide bonds. The van der Waals surface area contributed by atoms with Gasteiger partial charge in [-0.25, -0.2) is 4.79 Å². The number of thiophene rings is 1. The maximum absolute atomic E-state index is 13.8. The largest absolute Gasteiger partial charge is 0.462 e. The Morgan fingerprint density at radius 1 is 1.11 bits per heavy atom. The van der Waals surface area contributed by atoms with Gasteiger partial charge in [-0.05, 0) is 87.2 Å². The van der Waals surface area contributed by atoms with Crippen molar-refractivity contribution < 1.29 is 14.3 Å². The van der Waals surface area contributed by atoms with Gasteiger partial charge in [0, 0.05) is 11.3 Å². The predicted octanol–water partition coefficient (Wildman–Crippen LogP) is 6.03. The van der Waals surface area contributed by atoms with E-state index in [0.29, 0.717) is 47.6 Å². The Morgan fingerprint density at radius 3 is 2.37 bits per heavy atom. The first-order valence-corrected chi connectivity index (χ1v) is 13.9. The Labute approximate surface area is 210 Å². The number of rotatable bonds is 5. The Morgan fingerprint density at radius 2 is 1.77 bits per heavy atom. The van der Waals surface area contributed by atoms with Crippen molar-refractivity contribution in [3.63, 3.8) is 0 Å². The second-order valence-electron chi connectivity index (χ2n) is 11.3. The summed E-state index contributed by atoms with van der Waals surface area (Å²) in [6.07, 6.45) is 8.61. The van der Waals surface area contributed by atoms with Crippen LogP contribution in [0.15, 0.2) is 30.3 Å². The van der Waals surface area contributed by atoms with Crippen LogP contribution in [0.2, 0.25) is 0 Å². The molecule has 1 N–H and O–H groups in total. The van der Waals surface area contributed by atoms with E-state index in [1.807, 2.05) is 30.3 Å². The second kappa shape index (κ2) is 8.48. The van der Waals surface area contributed by atoms with Crippen LogP contribution < -0.4 is 5.32 Å². The van der Waals surface area contributed by atoms with E-state index in [2.05, 4.69) is 11.4 Å². The van der Waals surface area contributed by atoms with E-state index >= 15 is 0 Å². The molecule has 0 unspecified atom stereocenters. The standard InChI is InChI=1S/C29H32N2O3S/c1-2-34-26(32)24-22-8-9-28(17-30,21-6-4-3-5-7-21)16-23(22)35-25(24)31-27(33)29-13-18-10-19(14-29)12-20(11-18)15-29/h3-7,18-20H,2,8-16H2,1H3,(H,31,33)/t18?,19?,20?,28-,29?/m1/s1. The van der Waals surface area contributed by atoms with Crippen LogP contribution in [0.4, 0.5) is 5.00 Å². The van der Waals surface area contributed by atoms with Crippen LogP contribution >= 0.6 is 11.3 Å². The summed E-state index contributed by atoms with van der Waals surface area (Å²) in [5.74, 6) is 1.76. The highest BCUT2D eigenvalue weighted by molar-refractivity contribution is 7.17. The fraction of sp³-hybridized carbons (Fsp3) is 0.552. The number of nitrogens with zero attached hydrogens (tertiary/aromatic N) is 1. The number of ether oxygens (including phenoxy) is 1. The smallest absolute Gasteiger partial charge is 0.341 e. The molecular weight excluding hydrogens is 456 g/mol. The molecule has 0 spiro atoms. The number of carbonyl (C=O) groups is 2. The molecule has 5 aliphatic carbocycles. The third kappa shape index (κ3) is 3.71. The first kappa shape index (κ1) is 22.8. The summed E-state index contributed by atoms with van der Waals surface area (Å²) in [5, 5.41) is 14.1. The van der Waals surface area contributed by atoms with Crippen LogP contribution in [0.3, 0.4) is 0 Å². The molecule has 0 radical (unpaired) electrons. The number of anilines is 1. The fourth-order valence-corrected chi connectivity index (χ4v) is 9.26. The van der Waals surface area contributed by atoms with E-state index in [1.54, 1.807) is 6.92 Å². The molecular formula is C29H32N2O3S. The molecule has 0 saturated heterocycles. The molecule has 35 heavy (non-hydrogen) atoms. The Kier molecular flexibility index (Phi) is 5.52. The molecule has 5 nitrogen and oxygen atoms in total. The van der Waals surface area contributed by atoms with Crippen molar-refractivity contribution in [2.45, 2.75) is 70.1 Å². The molecule has 1 atom stereocenters. The van der Waals surface area contributed by atoms with Gasteiger partial charge in [0.25, 0.3) is 0 Å². The SMILES string of the molecule is CCOC(=O)c1c(NC(=O)C23CC4CC(CC(C4)C2)C3)sc2c1CC[C@@](C#N)(c1ccccc1)C2. The number of amides is 1. The number of fused-ring (bicyclic) bond motifs is 1. The third-order valence-corrected chi connectivity index (χ3v) is 10.3. The summed E-state index contributed by atoms with van der Waals surface area (Å²) in [6.45, 7) is 2.10. The average Bonchev–Trinajstić information content (AvgIpc) is 3.20. The van der Waals surface area contributed by atoms with Crippen molar-refractivity contribution in [3.05, 3.63) is 51.9 Å². The molecule has 1 heterocycles. The van der Waals surface area contributed by atoms with Gasteiger partial charge in [-0.3, -0.25) is 4.79 Å². The molecule has 2 aromatic rings. The molecule has 182 valence electrons. The molecule has 6 heteroatoms. The minimum atomic E-state index is -0.619. The topological polar surface area (TPSA) is 79.2 Å². The Balaban J connectivity index is 1.34. The number of esters is 1. The summed E-state index contributed by atoms with van der Waals surface area (Å²) < 4.78 is 5.44. The van der Waals surface area contributed by atoms with E-state index in [9.17, 15) is 14.9 Å². The van der Waals surface area contributed by atoms with Crippen molar-refractivity contribution in [3.8, 4) is 6.07 Å². The summed E-state index contributed by atoms with van der Waals surface area (Å²) in [4.78, 5) is 27.9. The van der Waals surface area contributed by atoms with E-state index in [-0.39, 0.29) is 23.9 Å². The lowest BCUT2D eigenvalue weighted by Gasteiger charge is -2.55. The summed E-state index contributed by atoms with van der Waals surface area (Å²) >= 11 is 1.48. The zero-order chi connectivity index (χ0) is 24.2. The van der Waals surface area contributed by atoms with Crippen LogP contribution in [-0.2, 0) is 27.8 Å². The molecule has 1 aromatic carbocycles. The lowest BCUT2D eigenvalue weighted by atomic mass is 9.49. The van der Waals surface area contributed by atoms with Crippen LogP contribution in [-0.4, -0.2) is 18.5 Å². The highest BCUT2D eigenvalue weighted by Crippen LogP contribution is 2.60. The summed E-state index contributed by atoms with van der Waals surface area (Å²) in [7, 11) is 0. The zero-order valence-corrected chi connectivity index (χ0v) is 21.1. The molecule has 4 saturated carbocycles. The van der Waals surface area contributed by atoms with Crippen molar-refractivity contribution in [2.75, 3.05) is 11.9 Å². The van der Waals surface area contributed by atoms with Gasteiger partial charge in [-0.15, -0.1) is 11.3 Å². The number of benzene rings is 1. The van der Waals surface area contributed by atoms with Gasteiger partial charge >= 0.3 is 5.97 Å². The van der Waals surface area contributed by atoms with Crippen LogP contribution in [0.1, 0.15) is 78.2 Å². The molecule has 7 rings (SSSR count). The average molecular weight is 489 g/mol. The maximum atomic E-state index is 13.8. The van der Waals surface area contributed by atoms with E-state index < -0.39 is 5.41 Å². The van der Waals surface area contributed by atoms with Crippen LogP contribution in [0.5, 0.6) is 0 Å². The Hall–Kier alpha value is -2.65. The van der Waals surface area contributed by atoms with E-state index in [0.717, 1.165) is 35.3 Å². The van der Waals surface area contributed by atoms with Crippen molar-refractivity contribution in [1.29, 1.82) is 5.26 Å². The number of nitrogens with one attached hydrogen (secondary N) is 1. The highest BCUT2D eigenvalue weighted by atomic mass is 32.1. The van der Waals surface area contributed by atoms with Crippen LogP contribution in [0.25, 0.3) is 0 Å². The number of hydrogen-bond acceptors (Lipinski definition) is 5. The van der Waals surface area contributed by atoms with Gasteiger partial charge in [-0.2, -0.15) is 5.26 Å². The van der Waals surface area contributed by atoms with Crippen molar-refractivity contribution >= 4 is 28.2 Å². The van der Waals surface area contributed by atoms with Gasteiger partial charge in [0.05, 0.1) is 29.1 Å². The lowest BCUT2D eigenvalue weighted by Crippen LogP contribution is -2.51. The molecule has 5 aliphatic rings. The Bertz CT molecular complexity index is 1180. The predicted molar refractivity (Wildman–Crippen MR) is 135 cm³/mol. The van der Waals surface area contributed by atoms with E-state index in [4.69, 9.17) is 4.74 Å². The van der Waals surface area contributed by atoms with Gasteiger partial charge in [-0.1, -0.05) is 30.3 Å². The normalized spacial score (nSPS) is 32.5. The fourth-order valence-electron chi connectivity index (χ4n) is 7.92. The monoisotopic (exact) mass is 488 g/mol. The number of hydrogen-bond donors (Lipinski definition) is 1. The van der Waals surface area contributed by atoms with Crippen LogP contribution in [0, 0.1) is 34.5 Å². The molecule has 4 bridgehead atoms. The van der Waals surface area contributed by atoms with E-state index in [1.165, 1.54) is 30.6 Å². The van der Waals surface area contributed by atoms with Crippen molar-refractivity contribution in [2.24, 2.45) is 23.2 Å². The van der Waals surface area contributed by atoms with Gasteiger partial charge in [0.2, 0.25) is 5.91 Å². The van der Waals surface area contributed by atoms with Gasteiger partial charge in [0.15, 0.2) is 0 Å². The van der Waals surface area contributed by atoms with Gasteiger partial charge < -0.3 is 10.1 Å². The second-order valence-corrected chi connectivity index (χ2v) is 12.4. The maximum Gasteiger partial charge on any atom is 0.341 e. The molecule has 4 fully saturated rings. The quantitative estimate of drug-likeness (QED) is 0.521. The number of carbonyl (C=O) groups excluding carboxylic acids is 2. The summed E-state index contributed by atoms with van der Waals surface area (Å²) in [6, 6.07) is 12.5. The zero-order valence-electron chi connectivity index (χ0n) is 20.3. The lowest BCUT2D eigenvalue weighted by molar-refractivity contribution is -0.140. The third-order valence-electron chi connectivity index (χ3n) is 9.12. The van der Waals surface area contributed by atoms with Crippen molar-refractivity contribution in [1.82, 2.24) is 0 Å². The number of nitriles is 1. The first-order valence-electron chi connectivity index (χ1n) is 13.0.